The molecule has 2 nitrogen and oxygen atoms in total. The van der Waals surface area contributed by atoms with Gasteiger partial charge in [0.15, 0.2) is 0 Å². The molecule has 3 N–H and O–H groups in total. The van der Waals surface area contributed by atoms with Crippen LogP contribution in [0.1, 0.15) is 73.6 Å². The first kappa shape index (κ1) is 17.0. The lowest BCUT2D eigenvalue weighted by Gasteiger charge is -2.53. The maximum atomic E-state index is 11.1. The van der Waals surface area contributed by atoms with E-state index in [1.165, 1.54) is 12.8 Å². The molecule has 19 heavy (non-hydrogen) atoms. The second-order valence-electron chi connectivity index (χ2n) is 8.08. The first-order valence-corrected chi connectivity index (χ1v) is 8.03. The van der Waals surface area contributed by atoms with Crippen LogP contribution in [0.25, 0.3) is 0 Å². The van der Waals surface area contributed by atoms with E-state index in [4.69, 9.17) is 5.73 Å². The lowest BCUT2D eigenvalue weighted by atomic mass is 9.56. The van der Waals surface area contributed by atoms with Crippen molar-refractivity contribution in [2.45, 2.75) is 79.2 Å². The van der Waals surface area contributed by atoms with E-state index in [0.717, 1.165) is 25.2 Å². The minimum Gasteiger partial charge on any atom is -0.389 e. The third-order valence-electron chi connectivity index (χ3n) is 6.20. The molecule has 0 bridgehead atoms. The number of nitrogens with two attached hydrogens (primary N) is 1. The zero-order valence-electron chi connectivity index (χ0n) is 13.9. The Morgan fingerprint density at radius 1 is 1.21 bits per heavy atom. The van der Waals surface area contributed by atoms with E-state index in [2.05, 4.69) is 34.6 Å². The molecule has 2 heteroatoms. The van der Waals surface area contributed by atoms with Crippen molar-refractivity contribution in [3.8, 4) is 0 Å². The van der Waals surface area contributed by atoms with Crippen LogP contribution >= 0.6 is 0 Å². The van der Waals surface area contributed by atoms with Gasteiger partial charge in [0, 0.05) is 12.0 Å². The standard InChI is InChI=1S/C17H35NO/c1-7-13(2)16(6,19)17(12-18)10-8-14(9-11-17)15(3,4)5/h13-14,19H,7-12,18H2,1-6H3. The molecule has 0 aliphatic heterocycles. The van der Waals surface area contributed by atoms with Crippen LogP contribution in [0.15, 0.2) is 0 Å². The summed E-state index contributed by atoms with van der Waals surface area (Å²) >= 11 is 0. The predicted octanol–water partition coefficient (Wildman–Crippen LogP) is 3.96. The van der Waals surface area contributed by atoms with Crippen LogP contribution in [0.2, 0.25) is 0 Å². The fourth-order valence-electron chi connectivity index (χ4n) is 3.87. The molecule has 0 aromatic rings. The smallest absolute Gasteiger partial charge is 0.0713 e. The van der Waals surface area contributed by atoms with Crippen LogP contribution < -0.4 is 5.73 Å². The first-order chi connectivity index (χ1) is 8.60. The van der Waals surface area contributed by atoms with Gasteiger partial charge in [-0.05, 0) is 49.9 Å². The van der Waals surface area contributed by atoms with Crippen molar-refractivity contribution in [1.29, 1.82) is 0 Å². The number of hydrogen-bond acceptors (Lipinski definition) is 2. The lowest BCUT2D eigenvalue weighted by Crippen LogP contribution is -2.56. The summed E-state index contributed by atoms with van der Waals surface area (Å²) < 4.78 is 0. The normalized spacial score (nSPS) is 33.8. The Labute approximate surface area is 120 Å². The van der Waals surface area contributed by atoms with Crippen molar-refractivity contribution in [2.75, 3.05) is 6.54 Å². The van der Waals surface area contributed by atoms with Crippen LogP contribution in [0.5, 0.6) is 0 Å². The van der Waals surface area contributed by atoms with Crippen LogP contribution in [0.4, 0.5) is 0 Å². The molecule has 0 amide bonds. The third-order valence-corrected chi connectivity index (χ3v) is 6.20. The Morgan fingerprint density at radius 2 is 1.68 bits per heavy atom. The van der Waals surface area contributed by atoms with E-state index in [1.54, 1.807) is 0 Å². The first-order valence-electron chi connectivity index (χ1n) is 8.03. The lowest BCUT2D eigenvalue weighted by molar-refractivity contribution is -0.131. The molecular formula is C17H35NO. The van der Waals surface area contributed by atoms with Gasteiger partial charge in [0.1, 0.15) is 0 Å². The highest BCUT2D eigenvalue weighted by Gasteiger charge is 2.50. The fourth-order valence-corrected chi connectivity index (χ4v) is 3.87. The van der Waals surface area contributed by atoms with Crippen molar-refractivity contribution in [3.63, 3.8) is 0 Å². The Hall–Kier alpha value is -0.0800. The molecule has 0 aromatic carbocycles. The molecule has 114 valence electrons. The van der Waals surface area contributed by atoms with Crippen LogP contribution in [-0.2, 0) is 0 Å². The van der Waals surface area contributed by atoms with Crippen molar-refractivity contribution < 1.29 is 5.11 Å². The quantitative estimate of drug-likeness (QED) is 0.811. The minimum absolute atomic E-state index is 0.0792. The summed E-state index contributed by atoms with van der Waals surface area (Å²) in [6, 6.07) is 0. The second-order valence-corrected chi connectivity index (χ2v) is 8.08. The van der Waals surface area contributed by atoms with Crippen LogP contribution in [0, 0.1) is 22.7 Å². The molecule has 1 fully saturated rings. The number of aliphatic hydroxyl groups is 1. The average Bonchev–Trinajstić information content (AvgIpc) is 2.36. The molecule has 0 aromatic heterocycles. The van der Waals surface area contributed by atoms with Gasteiger partial charge in [-0.15, -0.1) is 0 Å². The van der Waals surface area contributed by atoms with E-state index in [0.29, 0.717) is 17.9 Å². The summed E-state index contributed by atoms with van der Waals surface area (Å²) in [6.45, 7) is 13.9. The highest BCUT2D eigenvalue weighted by Crippen LogP contribution is 2.52. The molecule has 0 radical (unpaired) electrons. The highest BCUT2D eigenvalue weighted by atomic mass is 16.3. The summed E-state index contributed by atoms with van der Waals surface area (Å²) in [7, 11) is 0. The van der Waals surface area contributed by atoms with Gasteiger partial charge in [-0.25, -0.2) is 0 Å². The molecule has 0 heterocycles. The van der Waals surface area contributed by atoms with Gasteiger partial charge < -0.3 is 10.8 Å². The van der Waals surface area contributed by atoms with Gasteiger partial charge in [0.25, 0.3) is 0 Å². The minimum atomic E-state index is -0.640. The highest BCUT2D eigenvalue weighted by molar-refractivity contribution is 5.02. The monoisotopic (exact) mass is 269 g/mol. The van der Waals surface area contributed by atoms with Gasteiger partial charge in [-0.2, -0.15) is 0 Å². The van der Waals surface area contributed by atoms with Gasteiger partial charge >= 0.3 is 0 Å². The van der Waals surface area contributed by atoms with E-state index >= 15 is 0 Å². The number of hydrogen-bond donors (Lipinski definition) is 2. The summed E-state index contributed by atoms with van der Waals surface area (Å²) in [5.74, 6) is 1.07. The predicted molar refractivity (Wildman–Crippen MR) is 83.0 cm³/mol. The summed E-state index contributed by atoms with van der Waals surface area (Å²) in [5, 5.41) is 11.1. The molecule has 0 spiro atoms. The zero-order valence-corrected chi connectivity index (χ0v) is 13.9. The maximum Gasteiger partial charge on any atom is 0.0713 e. The van der Waals surface area contributed by atoms with E-state index in [-0.39, 0.29) is 5.41 Å². The second kappa shape index (κ2) is 5.73. The van der Waals surface area contributed by atoms with Crippen molar-refractivity contribution >= 4 is 0 Å². The molecular weight excluding hydrogens is 234 g/mol. The average molecular weight is 269 g/mol. The fraction of sp³-hybridized carbons (Fsp3) is 1.00. The van der Waals surface area contributed by atoms with E-state index < -0.39 is 5.60 Å². The van der Waals surface area contributed by atoms with Crippen LogP contribution in [0.3, 0.4) is 0 Å². The van der Waals surface area contributed by atoms with Gasteiger partial charge in [-0.3, -0.25) is 0 Å². The van der Waals surface area contributed by atoms with Crippen molar-refractivity contribution in [1.82, 2.24) is 0 Å². The maximum absolute atomic E-state index is 11.1. The molecule has 2 unspecified atom stereocenters. The zero-order chi connectivity index (χ0) is 14.9. The Kier molecular flexibility index (Phi) is 5.12. The number of rotatable bonds is 4. The van der Waals surface area contributed by atoms with Crippen LogP contribution in [-0.4, -0.2) is 17.3 Å². The molecule has 1 aliphatic rings. The van der Waals surface area contributed by atoms with Crippen molar-refractivity contribution in [2.24, 2.45) is 28.4 Å². The van der Waals surface area contributed by atoms with Gasteiger partial charge in [0.2, 0.25) is 0 Å². The topological polar surface area (TPSA) is 46.2 Å². The Balaban J connectivity index is 2.86. The molecule has 0 saturated heterocycles. The largest absolute Gasteiger partial charge is 0.389 e. The molecule has 2 atom stereocenters. The van der Waals surface area contributed by atoms with Gasteiger partial charge in [0.05, 0.1) is 5.60 Å². The summed E-state index contributed by atoms with van der Waals surface area (Å²) in [5.41, 5.74) is 5.77. The molecule has 1 saturated carbocycles. The summed E-state index contributed by atoms with van der Waals surface area (Å²) in [6.07, 6.45) is 5.56. The molecule has 1 aliphatic carbocycles. The van der Waals surface area contributed by atoms with E-state index in [9.17, 15) is 5.11 Å². The third kappa shape index (κ3) is 3.16. The molecule has 1 rings (SSSR count). The SMILES string of the molecule is CCC(C)C(C)(O)C1(CN)CCC(C(C)(C)C)CC1. The Bertz CT molecular complexity index is 282. The van der Waals surface area contributed by atoms with Crippen molar-refractivity contribution in [3.05, 3.63) is 0 Å². The van der Waals surface area contributed by atoms with Gasteiger partial charge in [-0.1, -0.05) is 41.0 Å². The van der Waals surface area contributed by atoms with E-state index in [1.807, 2.05) is 6.92 Å². The Morgan fingerprint density at radius 3 is 2.00 bits per heavy atom. The summed E-state index contributed by atoms with van der Waals surface area (Å²) in [4.78, 5) is 0.